The summed E-state index contributed by atoms with van der Waals surface area (Å²) in [5.41, 5.74) is 3.40. The summed E-state index contributed by atoms with van der Waals surface area (Å²) in [4.78, 5) is 6.79. The number of nitrogens with zero attached hydrogens (tertiary/aromatic N) is 3. The van der Waals surface area contributed by atoms with Gasteiger partial charge in [-0.2, -0.15) is 0 Å². The molecule has 5 heteroatoms. The maximum absolute atomic E-state index is 5.99. The van der Waals surface area contributed by atoms with E-state index in [9.17, 15) is 0 Å². The van der Waals surface area contributed by atoms with Crippen LogP contribution in [0.25, 0.3) is 5.65 Å². The van der Waals surface area contributed by atoms with Crippen LogP contribution in [-0.2, 0) is 11.3 Å². The second-order valence-corrected chi connectivity index (χ2v) is 6.04. The van der Waals surface area contributed by atoms with Crippen molar-refractivity contribution < 1.29 is 9.47 Å². The van der Waals surface area contributed by atoms with Crippen LogP contribution in [0.1, 0.15) is 17.4 Å². The maximum atomic E-state index is 5.99. The Bertz CT molecular complexity index is 830. The number of methoxy groups -OCH3 is 1. The van der Waals surface area contributed by atoms with Crippen molar-refractivity contribution in [2.24, 2.45) is 0 Å². The summed E-state index contributed by atoms with van der Waals surface area (Å²) in [5, 5.41) is 0. The predicted molar refractivity (Wildman–Crippen MR) is 92.2 cm³/mol. The van der Waals surface area contributed by atoms with Gasteiger partial charge in [0.1, 0.15) is 11.4 Å². The first-order valence-corrected chi connectivity index (χ1v) is 8.22. The smallest absolute Gasteiger partial charge is 0.136 e. The largest absolute Gasteiger partial charge is 0.497 e. The van der Waals surface area contributed by atoms with Crippen LogP contribution >= 0.6 is 0 Å². The van der Waals surface area contributed by atoms with E-state index in [0.29, 0.717) is 0 Å². The van der Waals surface area contributed by atoms with Crippen molar-refractivity contribution in [1.82, 2.24) is 14.3 Å². The number of fused-ring (bicyclic) bond motifs is 1. The first kappa shape index (κ1) is 15.2. The summed E-state index contributed by atoms with van der Waals surface area (Å²) in [7, 11) is 1.69. The predicted octanol–water partition coefficient (Wildman–Crippen LogP) is 2.92. The third-order valence-electron chi connectivity index (χ3n) is 4.51. The molecule has 1 aliphatic rings. The van der Waals surface area contributed by atoms with Gasteiger partial charge in [0.2, 0.25) is 0 Å². The Labute approximate surface area is 141 Å². The van der Waals surface area contributed by atoms with Crippen LogP contribution in [0.5, 0.6) is 5.75 Å². The SMILES string of the molecule is COc1cccc(C2CN(Cc3cccc4nccn34)CCO2)c1. The monoisotopic (exact) mass is 323 g/mol. The van der Waals surface area contributed by atoms with E-state index in [0.717, 1.165) is 37.6 Å². The van der Waals surface area contributed by atoms with Gasteiger partial charge in [-0.05, 0) is 29.8 Å². The van der Waals surface area contributed by atoms with Gasteiger partial charge in [0.05, 0.1) is 19.8 Å². The summed E-state index contributed by atoms with van der Waals surface area (Å²) in [5.74, 6) is 0.872. The van der Waals surface area contributed by atoms with Crippen molar-refractivity contribution in [1.29, 1.82) is 0 Å². The Morgan fingerprint density at radius 1 is 1.25 bits per heavy atom. The summed E-state index contributed by atoms with van der Waals surface area (Å²) in [6.45, 7) is 3.43. The van der Waals surface area contributed by atoms with E-state index in [1.807, 2.05) is 30.6 Å². The quantitative estimate of drug-likeness (QED) is 0.740. The van der Waals surface area contributed by atoms with E-state index in [-0.39, 0.29) is 6.10 Å². The lowest BCUT2D eigenvalue weighted by Crippen LogP contribution is -2.38. The van der Waals surface area contributed by atoms with Crippen molar-refractivity contribution in [3.05, 3.63) is 66.1 Å². The van der Waals surface area contributed by atoms with Crippen molar-refractivity contribution >= 4 is 5.65 Å². The van der Waals surface area contributed by atoms with Gasteiger partial charge in [0.15, 0.2) is 0 Å². The normalized spacial score (nSPS) is 18.8. The number of imidazole rings is 1. The van der Waals surface area contributed by atoms with Gasteiger partial charge in [-0.15, -0.1) is 0 Å². The molecule has 0 radical (unpaired) electrons. The van der Waals surface area contributed by atoms with E-state index in [1.165, 1.54) is 11.3 Å². The molecular weight excluding hydrogens is 302 g/mol. The number of hydrogen-bond donors (Lipinski definition) is 0. The molecule has 1 atom stereocenters. The Kier molecular flexibility index (Phi) is 4.19. The van der Waals surface area contributed by atoms with E-state index >= 15 is 0 Å². The van der Waals surface area contributed by atoms with Crippen molar-refractivity contribution in [2.45, 2.75) is 12.6 Å². The van der Waals surface area contributed by atoms with Crippen LogP contribution in [0.3, 0.4) is 0 Å². The van der Waals surface area contributed by atoms with E-state index in [4.69, 9.17) is 9.47 Å². The zero-order valence-corrected chi connectivity index (χ0v) is 13.8. The van der Waals surface area contributed by atoms with Crippen LogP contribution in [0.15, 0.2) is 54.9 Å². The first-order valence-electron chi connectivity index (χ1n) is 8.22. The van der Waals surface area contributed by atoms with Crippen LogP contribution in [0.4, 0.5) is 0 Å². The highest BCUT2D eigenvalue weighted by atomic mass is 16.5. The zero-order chi connectivity index (χ0) is 16.4. The maximum Gasteiger partial charge on any atom is 0.136 e. The van der Waals surface area contributed by atoms with Crippen LogP contribution < -0.4 is 4.74 Å². The number of morpholine rings is 1. The second kappa shape index (κ2) is 6.63. The van der Waals surface area contributed by atoms with Gasteiger partial charge in [0.25, 0.3) is 0 Å². The molecule has 0 spiro atoms. The number of aromatic nitrogens is 2. The van der Waals surface area contributed by atoms with Gasteiger partial charge in [-0.25, -0.2) is 4.98 Å². The third kappa shape index (κ3) is 3.00. The molecular formula is C19H21N3O2. The van der Waals surface area contributed by atoms with Crippen LogP contribution in [0.2, 0.25) is 0 Å². The molecule has 3 heterocycles. The van der Waals surface area contributed by atoms with Crippen LogP contribution in [0, 0.1) is 0 Å². The molecule has 0 aliphatic carbocycles. The summed E-state index contributed by atoms with van der Waals surface area (Å²) in [6, 6.07) is 14.4. The minimum Gasteiger partial charge on any atom is -0.497 e. The number of hydrogen-bond acceptors (Lipinski definition) is 4. The fraction of sp³-hybridized carbons (Fsp3) is 0.316. The molecule has 1 saturated heterocycles. The minimum absolute atomic E-state index is 0.0795. The third-order valence-corrected chi connectivity index (χ3v) is 4.51. The number of pyridine rings is 1. The zero-order valence-electron chi connectivity index (χ0n) is 13.8. The first-order chi connectivity index (χ1) is 11.8. The molecule has 4 rings (SSSR count). The molecule has 0 bridgehead atoms. The topological polar surface area (TPSA) is 39.0 Å². The molecule has 2 aromatic heterocycles. The lowest BCUT2D eigenvalue weighted by atomic mass is 10.1. The molecule has 0 amide bonds. The molecule has 124 valence electrons. The Balaban J connectivity index is 1.51. The average molecular weight is 323 g/mol. The second-order valence-electron chi connectivity index (χ2n) is 6.04. The van der Waals surface area contributed by atoms with Gasteiger partial charge in [0, 0.05) is 37.7 Å². The molecule has 1 aromatic carbocycles. The molecule has 1 fully saturated rings. The minimum atomic E-state index is 0.0795. The number of ether oxygens (including phenoxy) is 2. The van der Waals surface area contributed by atoms with Crippen molar-refractivity contribution in [3.8, 4) is 5.75 Å². The molecule has 1 aliphatic heterocycles. The Morgan fingerprint density at radius 3 is 3.08 bits per heavy atom. The molecule has 1 unspecified atom stereocenters. The van der Waals surface area contributed by atoms with Crippen LogP contribution in [-0.4, -0.2) is 41.1 Å². The lowest BCUT2D eigenvalue weighted by molar-refractivity contribution is -0.0334. The molecule has 0 saturated carbocycles. The molecule has 24 heavy (non-hydrogen) atoms. The summed E-state index contributed by atoms with van der Waals surface area (Å²) >= 11 is 0. The van der Waals surface area contributed by atoms with E-state index in [2.05, 4.69) is 38.6 Å². The number of benzene rings is 1. The highest BCUT2D eigenvalue weighted by Crippen LogP contribution is 2.26. The van der Waals surface area contributed by atoms with Gasteiger partial charge < -0.3 is 13.9 Å². The highest BCUT2D eigenvalue weighted by molar-refractivity contribution is 5.39. The lowest BCUT2D eigenvalue weighted by Gasteiger charge is -2.33. The summed E-state index contributed by atoms with van der Waals surface area (Å²) < 4.78 is 13.5. The highest BCUT2D eigenvalue weighted by Gasteiger charge is 2.22. The average Bonchev–Trinajstić information content (AvgIpc) is 3.12. The standard InChI is InChI=1S/C19H21N3O2/c1-23-17-6-2-4-15(12-17)18-14-21(10-11-24-18)13-16-5-3-7-19-20-8-9-22(16)19/h2-9,12,18H,10-11,13-14H2,1H3. The Hall–Kier alpha value is -2.37. The molecule has 3 aromatic rings. The van der Waals surface area contributed by atoms with Gasteiger partial charge >= 0.3 is 0 Å². The van der Waals surface area contributed by atoms with Crippen molar-refractivity contribution in [2.75, 3.05) is 26.8 Å². The molecule has 0 N–H and O–H groups in total. The fourth-order valence-corrected chi connectivity index (χ4v) is 3.25. The Morgan fingerprint density at radius 2 is 2.17 bits per heavy atom. The van der Waals surface area contributed by atoms with Crippen molar-refractivity contribution in [3.63, 3.8) is 0 Å². The summed E-state index contributed by atoms with van der Waals surface area (Å²) in [6.07, 6.45) is 3.94. The number of rotatable bonds is 4. The fourth-order valence-electron chi connectivity index (χ4n) is 3.25. The van der Waals surface area contributed by atoms with Gasteiger partial charge in [-0.3, -0.25) is 4.90 Å². The van der Waals surface area contributed by atoms with E-state index < -0.39 is 0 Å². The van der Waals surface area contributed by atoms with E-state index in [1.54, 1.807) is 7.11 Å². The van der Waals surface area contributed by atoms with Gasteiger partial charge in [-0.1, -0.05) is 18.2 Å². The molecule has 5 nitrogen and oxygen atoms in total.